The second-order valence-corrected chi connectivity index (χ2v) is 4.48. The van der Waals surface area contributed by atoms with Crippen LogP contribution in [0.3, 0.4) is 0 Å². The van der Waals surface area contributed by atoms with Gasteiger partial charge in [-0.25, -0.2) is 4.79 Å². The Morgan fingerprint density at radius 2 is 1.84 bits per heavy atom. The van der Waals surface area contributed by atoms with Crippen LogP contribution in [0.4, 0.5) is 5.69 Å². The highest BCUT2D eigenvalue weighted by Gasteiger charge is 2.10. The summed E-state index contributed by atoms with van der Waals surface area (Å²) in [7, 11) is 0. The fourth-order valence-corrected chi connectivity index (χ4v) is 1.84. The zero-order valence-corrected chi connectivity index (χ0v) is 10.8. The van der Waals surface area contributed by atoms with Gasteiger partial charge in [-0.15, -0.1) is 0 Å². The molecule has 0 bridgehead atoms. The van der Waals surface area contributed by atoms with Crippen molar-refractivity contribution >= 4 is 34.9 Å². The molecule has 0 aliphatic rings. The molecule has 0 spiro atoms. The maximum atomic E-state index is 11.3. The van der Waals surface area contributed by atoms with E-state index in [2.05, 4.69) is 0 Å². The number of aliphatic carboxylic acids is 1. The third-order valence-corrected chi connectivity index (χ3v) is 2.86. The normalized spacial score (nSPS) is 11.3. The third-order valence-electron chi connectivity index (χ3n) is 2.61. The zero-order chi connectivity index (χ0) is 13.8. The molecule has 0 atom stereocenters. The number of hydrogen-bond donors (Lipinski definition) is 2. The van der Waals surface area contributed by atoms with E-state index in [0.717, 1.165) is 5.56 Å². The molecule has 2 rings (SSSR count). The average molecular weight is 274 g/mol. The predicted octanol–water partition coefficient (Wildman–Crippen LogP) is 3.55. The number of carbonyl (C=O) groups is 1. The molecule has 0 heterocycles. The Balaban J connectivity index is 2.46. The summed E-state index contributed by atoms with van der Waals surface area (Å²) >= 11 is 5.79. The number of anilines is 1. The molecule has 0 aromatic heterocycles. The number of benzene rings is 2. The Morgan fingerprint density at radius 1 is 1.16 bits per heavy atom. The van der Waals surface area contributed by atoms with E-state index in [9.17, 15) is 9.90 Å². The maximum Gasteiger partial charge on any atom is 0.336 e. The van der Waals surface area contributed by atoms with Gasteiger partial charge in [0.2, 0.25) is 0 Å². The van der Waals surface area contributed by atoms with Crippen molar-refractivity contribution in [3.05, 3.63) is 64.7 Å². The Labute approximate surface area is 115 Å². The van der Waals surface area contributed by atoms with Crippen LogP contribution in [0.1, 0.15) is 11.1 Å². The lowest BCUT2D eigenvalue weighted by Gasteiger charge is -2.04. The van der Waals surface area contributed by atoms with Crippen molar-refractivity contribution in [1.82, 2.24) is 0 Å². The first-order valence-corrected chi connectivity index (χ1v) is 6.00. The van der Waals surface area contributed by atoms with Crippen molar-refractivity contribution in [2.45, 2.75) is 0 Å². The first-order valence-electron chi connectivity index (χ1n) is 5.63. The first kappa shape index (κ1) is 13.2. The van der Waals surface area contributed by atoms with Gasteiger partial charge in [0.05, 0.1) is 5.57 Å². The molecule has 0 aliphatic heterocycles. The highest BCUT2D eigenvalue weighted by atomic mass is 35.5. The van der Waals surface area contributed by atoms with Crippen LogP contribution in [-0.2, 0) is 4.79 Å². The van der Waals surface area contributed by atoms with Gasteiger partial charge in [-0.1, -0.05) is 35.9 Å². The van der Waals surface area contributed by atoms with Gasteiger partial charge in [0.25, 0.3) is 0 Å². The van der Waals surface area contributed by atoms with E-state index in [1.54, 1.807) is 54.6 Å². The minimum absolute atomic E-state index is 0.197. The Kier molecular flexibility index (Phi) is 3.88. The summed E-state index contributed by atoms with van der Waals surface area (Å²) in [4.78, 5) is 11.3. The number of carboxylic acids is 1. The standard InChI is InChI=1S/C15H12ClNO2/c16-12-6-4-11(5-7-12)14(15(18)19)9-10-2-1-3-13(17)8-10/h1-9H,17H2,(H,18,19). The first-order chi connectivity index (χ1) is 9.06. The van der Waals surface area contributed by atoms with Gasteiger partial charge in [0.15, 0.2) is 0 Å². The molecule has 3 nitrogen and oxygen atoms in total. The molecule has 96 valence electrons. The topological polar surface area (TPSA) is 63.3 Å². The molecular weight excluding hydrogens is 262 g/mol. The van der Waals surface area contributed by atoms with Gasteiger partial charge in [-0.05, 0) is 41.5 Å². The van der Waals surface area contributed by atoms with Gasteiger partial charge in [0, 0.05) is 10.7 Å². The van der Waals surface area contributed by atoms with E-state index < -0.39 is 5.97 Å². The molecule has 2 aromatic rings. The number of halogens is 1. The van der Waals surface area contributed by atoms with E-state index in [0.29, 0.717) is 16.3 Å². The van der Waals surface area contributed by atoms with E-state index >= 15 is 0 Å². The number of carboxylic acid groups (broad SMARTS) is 1. The molecule has 3 N–H and O–H groups in total. The molecular formula is C15H12ClNO2. The molecule has 4 heteroatoms. The summed E-state index contributed by atoms with van der Waals surface area (Å²) < 4.78 is 0. The van der Waals surface area contributed by atoms with Crippen molar-refractivity contribution in [1.29, 1.82) is 0 Å². The van der Waals surface area contributed by atoms with Crippen LogP contribution in [0.25, 0.3) is 11.6 Å². The average Bonchev–Trinajstić information content (AvgIpc) is 2.37. The molecule has 0 saturated heterocycles. The minimum atomic E-state index is -0.996. The molecule has 0 saturated carbocycles. The zero-order valence-electron chi connectivity index (χ0n) is 10.0. The van der Waals surface area contributed by atoms with Crippen LogP contribution in [0.2, 0.25) is 5.02 Å². The Hall–Kier alpha value is -2.26. The van der Waals surface area contributed by atoms with Crippen molar-refractivity contribution in [3.8, 4) is 0 Å². The predicted molar refractivity (Wildman–Crippen MR) is 77.8 cm³/mol. The lowest BCUT2D eigenvalue weighted by Crippen LogP contribution is -1.99. The lowest BCUT2D eigenvalue weighted by atomic mass is 10.0. The summed E-state index contributed by atoms with van der Waals surface area (Å²) in [6.07, 6.45) is 1.59. The number of nitrogens with two attached hydrogens (primary N) is 1. The molecule has 19 heavy (non-hydrogen) atoms. The second kappa shape index (κ2) is 5.59. The summed E-state index contributed by atoms with van der Waals surface area (Å²) in [5.74, 6) is -0.996. The fraction of sp³-hybridized carbons (Fsp3) is 0. The summed E-state index contributed by atoms with van der Waals surface area (Å²) in [6, 6.07) is 13.7. The Morgan fingerprint density at radius 3 is 2.42 bits per heavy atom. The van der Waals surface area contributed by atoms with Crippen LogP contribution >= 0.6 is 11.6 Å². The number of rotatable bonds is 3. The summed E-state index contributed by atoms with van der Waals surface area (Å²) in [5.41, 5.74) is 7.80. The molecule has 2 aromatic carbocycles. The van der Waals surface area contributed by atoms with E-state index in [4.69, 9.17) is 17.3 Å². The fourth-order valence-electron chi connectivity index (χ4n) is 1.71. The van der Waals surface area contributed by atoms with Gasteiger partial charge < -0.3 is 10.8 Å². The molecule has 0 amide bonds. The van der Waals surface area contributed by atoms with Crippen LogP contribution in [0.5, 0.6) is 0 Å². The molecule has 0 radical (unpaired) electrons. The van der Waals surface area contributed by atoms with Crippen LogP contribution in [-0.4, -0.2) is 11.1 Å². The van der Waals surface area contributed by atoms with Crippen LogP contribution in [0.15, 0.2) is 48.5 Å². The van der Waals surface area contributed by atoms with Gasteiger partial charge in [0.1, 0.15) is 0 Å². The SMILES string of the molecule is Nc1cccc(C=C(C(=O)O)c2ccc(Cl)cc2)c1. The van der Waals surface area contributed by atoms with Gasteiger partial charge >= 0.3 is 5.97 Å². The summed E-state index contributed by atoms with van der Waals surface area (Å²) in [5, 5.41) is 9.86. The molecule has 0 unspecified atom stereocenters. The van der Waals surface area contributed by atoms with Crippen molar-refractivity contribution in [2.75, 3.05) is 5.73 Å². The summed E-state index contributed by atoms with van der Waals surface area (Å²) in [6.45, 7) is 0. The van der Waals surface area contributed by atoms with Crippen molar-refractivity contribution in [2.24, 2.45) is 0 Å². The van der Waals surface area contributed by atoms with Gasteiger partial charge in [-0.3, -0.25) is 0 Å². The third kappa shape index (κ3) is 3.36. The van der Waals surface area contributed by atoms with E-state index in [1.165, 1.54) is 0 Å². The quantitative estimate of drug-likeness (QED) is 0.511. The number of nitrogen functional groups attached to an aromatic ring is 1. The van der Waals surface area contributed by atoms with Crippen LogP contribution in [0, 0.1) is 0 Å². The molecule has 0 aliphatic carbocycles. The highest BCUT2D eigenvalue weighted by molar-refractivity contribution is 6.30. The second-order valence-electron chi connectivity index (χ2n) is 4.04. The molecule has 0 fully saturated rings. The van der Waals surface area contributed by atoms with Crippen LogP contribution < -0.4 is 5.73 Å². The maximum absolute atomic E-state index is 11.3. The number of hydrogen-bond acceptors (Lipinski definition) is 2. The van der Waals surface area contributed by atoms with Crippen molar-refractivity contribution in [3.63, 3.8) is 0 Å². The van der Waals surface area contributed by atoms with Gasteiger partial charge in [-0.2, -0.15) is 0 Å². The lowest BCUT2D eigenvalue weighted by molar-refractivity contribution is -0.130. The van der Waals surface area contributed by atoms with E-state index in [-0.39, 0.29) is 5.57 Å². The monoisotopic (exact) mass is 273 g/mol. The van der Waals surface area contributed by atoms with Crippen molar-refractivity contribution < 1.29 is 9.90 Å². The minimum Gasteiger partial charge on any atom is -0.478 e. The Bertz CT molecular complexity index is 633. The van der Waals surface area contributed by atoms with E-state index in [1.807, 2.05) is 0 Å². The smallest absolute Gasteiger partial charge is 0.336 e. The highest BCUT2D eigenvalue weighted by Crippen LogP contribution is 2.21. The largest absolute Gasteiger partial charge is 0.478 e.